The molecule has 0 amide bonds. The van der Waals surface area contributed by atoms with E-state index >= 15 is 0 Å². The van der Waals surface area contributed by atoms with Gasteiger partial charge in [-0.05, 0) is 36.1 Å². The van der Waals surface area contributed by atoms with Gasteiger partial charge in [0.05, 0.1) is 0 Å². The fraction of sp³-hybridized carbons (Fsp3) is 0.294. The van der Waals surface area contributed by atoms with Gasteiger partial charge in [0.2, 0.25) is 11.7 Å². The predicted octanol–water partition coefficient (Wildman–Crippen LogP) is 3.31. The monoisotopic (exact) mass is 279 g/mol. The van der Waals surface area contributed by atoms with E-state index in [1.165, 1.54) is 17.2 Å². The second-order valence-electron chi connectivity index (χ2n) is 5.97. The SMILES string of the molecule is NC1(Cc2nc(-c3ccc4ccccc4c3)no2)CCC1. The van der Waals surface area contributed by atoms with Gasteiger partial charge in [0.25, 0.3) is 0 Å². The van der Waals surface area contributed by atoms with Gasteiger partial charge < -0.3 is 10.3 Å². The van der Waals surface area contributed by atoms with Gasteiger partial charge in [-0.2, -0.15) is 4.98 Å². The van der Waals surface area contributed by atoms with Gasteiger partial charge in [0.15, 0.2) is 0 Å². The van der Waals surface area contributed by atoms with E-state index in [1.807, 2.05) is 18.2 Å². The summed E-state index contributed by atoms with van der Waals surface area (Å²) >= 11 is 0. The standard InChI is InChI=1S/C17H17N3O/c18-17(8-3-9-17)11-15-19-16(20-21-15)14-7-6-12-4-1-2-5-13(12)10-14/h1-2,4-7,10H,3,8-9,11,18H2. The third-order valence-electron chi connectivity index (χ3n) is 4.33. The zero-order valence-corrected chi connectivity index (χ0v) is 11.7. The molecule has 1 fully saturated rings. The average molecular weight is 279 g/mol. The number of benzene rings is 2. The maximum atomic E-state index is 6.23. The van der Waals surface area contributed by atoms with Crippen molar-refractivity contribution in [2.45, 2.75) is 31.2 Å². The number of hydrogen-bond acceptors (Lipinski definition) is 4. The van der Waals surface area contributed by atoms with Gasteiger partial charge in [0, 0.05) is 17.5 Å². The lowest BCUT2D eigenvalue weighted by molar-refractivity contribution is 0.222. The molecule has 0 unspecified atom stereocenters. The molecule has 0 radical (unpaired) electrons. The van der Waals surface area contributed by atoms with E-state index in [4.69, 9.17) is 10.3 Å². The van der Waals surface area contributed by atoms with E-state index in [1.54, 1.807) is 0 Å². The molecule has 2 N–H and O–H groups in total. The summed E-state index contributed by atoms with van der Waals surface area (Å²) in [6, 6.07) is 14.4. The minimum atomic E-state index is -0.132. The molecule has 0 aliphatic heterocycles. The first kappa shape index (κ1) is 12.5. The lowest BCUT2D eigenvalue weighted by atomic mass is 9.75. The first-order valence-electron chi connectivity index (χ1n) is 7.33. The summed E-state index contributed by atoms with van der Waals surface area (Å²) < 4.78 is 5.36. The van der Waals surface area contributed by atoms with E-state index in [-0.39, 0.29) is 5.54 Å². The Hall–Kier alpha value is -2.20. The fourth-order valence-electron chi connectivity index (χ4n) is 2.88. The molecule has 1 saturated carbocycles. The van der Waals surface area contributed by atoms with E-state index in [0.717, 1.165) is 18.4 Å². The van der Waals surface area contributed by atoms with Crippen molar-refractivity contribution < 1.29 is 4.52 Å². The van der Waals surface area contributed by atoms with Crippen molar-refractivity contribution in [3.05, 3.63) is 48.4 Å². The van der Waals surface area contributed by atoms with Crippen molar-refractivity contribution >= 4 is 10.8 Å². The molecule has 4 nitrogen and oxygen atoms in total. The summed E-state index contributed by atoms with van der Waals surface area (Å²) in [6.07, 6.45) is 3.96. The van der Waals surface area contributed by atoms with Crippen LogP contribution in [-0.4, -0.2) is 15.7 Å². The summed E-state index contributed by atoms with van der Waals surface area (Å²) in [7, 11) is 0. The second kappa shape index (κ2) is 4.67. The van der Waals surface area contributed by atoms with Crippen LogP contribution in [0.15, 0.2) is 47.0 Å². The highest BCUT2D eigenvalue weighted by Crippen LogP contribution is 2.32. The normalized spacial score (nSPS) is 16.8. The van der Waals surface area contributed by atoms with Crippen LogP contribution in [0.4, 0.5) is 0 Å². The highest BCUT2D eigenvalue weighted by atomic mass is 16.5. The molecule has 1 aliphatic carbocycles. The zero-order chi connectivity index (χ0) is 14.3. The highest BCUT2D eigenvalue weighted by Gasteiger charge is 2.34. The Balaban J connectivity index is 1.64. The van der Waals surface area contributed by atoms with Crippen LogP contribution in [0.2, 0.25) is 0 Å². The third kappa shape index (κ3) is 2.32. The lowest BCUT2D eigenvalue weighted by Crippen LogP contribution is -2.48. The lowest BCUT2D eigenvalue weighted by Gasteiger charge is -2.36. The van der Waals surface area contributed by atoms with Crippen LogP contribution in [0.5, 0.6) is 0 Å². The molecule has 106 valence electrons. The van der Waals surface area contributed by atoms with Crippen LogP contribution in [0, 0.1) is 0 Å². The van der Waals surface area contributed by atoms with E-state index in [2.05, 4.69) is 34.4 Å². The largest absolute Gasteiger partial charge is 0.339 e. The van der Waals surface area contributed by atoms with Gasteiger partial charge in [-0.25, -0.2) is 0 Å². The smallest absolute Gasteiger partial charge is 0.228 e. The minimum Gasteiger partial charge on any atom is -0.339 e. The molecule has 21 heavy (non-hydrogen) atoms. The summed E-state index contributed by atoms with van der Waals surface area (Å²) in [5.41, 5.74) is 7.07. The molecular weight excluding hydrogens is 262 g/mol. The summed E-state index contributed by atoms with van der Waals surface area (Å²) in [5, 5.41) is 6.48. The predicted molar refractivity (Wildman–Crippen MR) is 81.7 cm³/mol. The minimum absolute atomic E-state index is 0.132. The van der Waals surface area contributed by atoms with Gasteiger partial charge in [-0.1, -0.05) is 41.6 Å². The van der Waals surface area contributed by atoms with Crippen molar-refractivity contribution in [1.29, 1.82) is 0 Å². The second-order valence-corrected chi connectivity index (χ2v) is 5.97. The molecule has 4 heteroatoms. The summed E-state index contributed by atoms with van der Waals surface area (Å²) in [6.45, 7) is 0. The number of rotatable bonds is 3. The van der Waals surface area contributed by atoms with Crippen LogP contribution in [0.1, 0.15) is 25.2 Å². The third-order valence-corrected chi connectivity index (χ3v) is 4.33. The van der Waals surface area contributed by atoms with Crippen LogP contribution in [0.25, 0.3) is 22.2 Å². The summed E-state index contributed by atoms with van der Waals surface area (Å²) in [5.74, 6) is 1.28. The Labute approximate surface area is 123 Å². The maximum absolute atomic E-state index is 6.23. The van der Waals surface area contributed by atoms with Crippen LogP contribution >= 0.6 is 0 Å². The van der Waals surface area contributed by atoms with Crippen LogP contribution < -0.4 is 5.73 Å². The van der Waals surface area contributed by atoms with E-state index < -0.39 is 0 Å². The van der Waals surface area contributed by atoms with E-state index in [0.29, 0.717) is 18.1 Å². The highest BCUT2D eigenvalue weighted by molar-refractivity contribution is 5.86. The van der Waals surface area contributed by atoms with E-state index in [9.17, 15) is 0 Å². The first-order valence-corrected chi connectivity index (χ1v) is 7.33. The number of aromatic nitrogens is 2. The average Bonchev–Trinajstić information content (AvgIpc) is 2.93. The van der Waals surface area contributed by atoms with Gasteiger partial charge in [-0.3, -0.25) is 0 Å². The number of nitrogens with two attached hydrogens (primary N) is 1. The molecule has 0 spiro atoms. The fourth-order valence-corrected chi connectivity index (χ4v) is 2.88. The molecule has 0 atom stereocenters. The van der Waals surface area contributed by atoms with Gasteiger partial charge in [-0.15, -0.1) is 0 Å². The number of nitrogens with zero attached hydrogens (tertiary/aromatic N) is 2. The molecule has 0 saturated heterocycles. The maximum Gasteiger partial charge on any atom is 0.228 e. The molecule has 1 aromatic heterocycles. The topological polar surface area (TPSA) is 64.9 Å². The molecule has 1 aliphatic rings. The number of hydrogen-bond donors (Lipinski definition) is 1. The molecular formula is C17H17N3O. The van der Waals surface area contributed by atoms with Crippen molar-refractivity contribution in [1.82, 2.24) is 10.1 Å². The molecule has 3 aromatic rings. The van der Waals surface area contributed by atoms with Crippen LogP contribution in [0.3, 0.4) is 0 Å². The summed E-state index contributed by atoms with van der Waals surface area (Å²) in [4.78, 5) is 4.50. The zero-order valence-electron chi connectivity index (χ0n) is 11.7. The van der Waals surface area contributed by atoms with Gasteiger partial charge >= 0.3 is 0 Å². The van der Waals surface area contributed by atoms with Crippen molar-refractivity contribution in [3.63, 3.8) is 0 Å². The Kier molecular flexibility index (Phi) is 2.79. The first-order chi connectivity index (χ1) is 10.2. The Morgan fingerprint density at radius 3 is 2.67 bits per heavy atom. The Bertz CT molecular complexity index is 789. The van der Waals surface area contributed by atoms with Gasteiger partial charge in [0.1, 0.15) is 0 Å². The quantitative estimate of drug-likeness (QED) is 0.798. The molecule has 1 heterocycles. The van der Waals surface area contributed by atoms with Crippen molar-refractivity contribution in [2.75, 3.05) is 0 Å². The van der Waals surface area contributed by atoms with Crippen molar-refractivity contribution in [3.8, 4) is 11.4 Å². The van der Waals surface area contributed by atoms with Crippen molar-refractivity contribution in [2.24, 2.45) is 5.73 Å². The molecule has 2 aromatic carbocycles. The number of fused-ring (bicyclic) bond motifs is 1. The van der Waals surface area contributed by atoms with Crippen LogP contribution in [-0.2, 0) is 6.42 Å². The molecule has 4 rings (SSSR count). The Morgan fingerprint density at radius 1 is 1.10 bits per heavy atom. The molecule has 0 bridgehead atoms. The Morgan fingerprint density at radius 2 is 1.90 bits per heavy atom.